The Balaban J connectivity index is 2.36. The first-order chi connectivity index (χ1) is 10.6. The molecule has 0 aromatic rings. The molecule has 2 heterocycles. The molecular formula is C13H23N3O6. The minimum atomic E-state index is -0.512. The first kappa shape index (κ1) is 16.9. The van der Waals surface area contributed by atoms with Crippen LogP contribution < -0.4 is 0 Å². The summed E-state index contributed by atoms with van der Waals surface area (Å²) in [5.41, 5.74) is 0. The summed E-state index contributed by atoms with van der Waals surface area (Å²) in [7, 11) is 2.95. The molecule has 2 aliphatic heterocycles. The number of carbonyl (C=O) groups is 2. The second-order valence-electron chi connectivity index (χ2n) is 5.34. The molecule has 2 rings (SSSR count). The molecule has 9 nitrogen and oxygen atoms in total. The standard InChI is InChI=1S/C13H23N3O6/c1-21-7-15-11-10(9(3-5-17)12(15)19)14(4-6-18)13(20)16(11)8-22-2/h9-11,17-18H,3-8H2,1-2H3. The van der Waals surface area contributed by atoms with E-state index in [1.165, 1.54) is 28.9 Å². The summed E-state index contributed by atoms with van der Waals surface area (Å²) < 4.78 is 10.2. The molecule has 2 saturated heterocycles. The predicted molar refractivity (Wildman–Crippen MR) is 74.4 cm³/mol. The summed E-state index contributed by atoms with van der Waals surface area (Å²) in [4.78, 5) is 29.5. The van der Waals surface area contributed by atoms with Gasteiger partial charge in [0.2, 0.25) is 5.91 Å². The molecule has 3 amide bonds. The van der Waals surface area contributed by atoms with Gasteiger partial charge in [0.15, 0.2) is 0 Å². The van der Waals surface area contributed by atoms with Crippen LogP contribution in [0.5, 0.6) is 0 Å². The topological polar surface area (TPSA) is 103 Å². The van der Waals surface area contributed by atoms with Crippen molar-refractivity contribution in [1.82, 2.24) is 14.7 Å². The van der Waals surface area contributed by atoms with Crippen LogP contribution in [0.2, 0.25) is 0 Å². The van der Waals surface area contributed by atoms with E-state index in [0.717, 1.165) is 0 Å². The number of amides is 3. The lowest BCUT2D eigenvalue weighted by Crippen LogP contribution is -2.48. The van der Waals surface area contributed by atoms with E-state index in [0.29, 0.717) is 0 Å². The number of fused-ring (bicyclic) bond motifs is 1. The average molecular weight is 317 g/mol. The van der Waals surface area contributed by atoms with Gasteiger partial charge in [-0.2, -0.15) is 0 Å². The summed E-state index contributed by atoms with van der Waals surface area (Å²) >= 11 is 0. The maximum absolute atomic E-state index is 12.6. The molecule has 0 radical (unpaired) electrons. The normalized spacial score (nSPS) is 28.0. The van der Waals surface area contributed by atoms with E-state index in [1.807, 2.05) is 0 Å². The summed E-state index contributed by atoms with van der Waals surface area (Å²) in [5.74, 6) is -0.676. The lowest BCUT2D eigenvalue weighted by molar-refractivity contribution is -0.140. The van der Waals surface area contributed by atoms with Crippen molar-refractivity contribution in [2.45, 2.75) is 18.6 Å². The minimum Gasteiger partial charge on any atom is -0.396 e. The van der Waals surface area contributed by atoms with Crippen molar-refractivity contribution in [3.8, 4) is 0 Å². The number of β-amino-alcohol motifs (C(OH)–C–C–N with tert-alkyl or cyclic N) is 1. The minimum absolute atomic E-state index is 0.0429. The van der Waals surface area contributed by atoms with Crippen LogP contribution in [0, 0.1) is 5.92 Å². The van der Waals surface area contributed by atoms with Crippen LogP contribution in [-0.4, -0.2) is 96.5 Å². The Morgan fingerprint density at radius 2 is 1.64 bits per heavy atom. The molecule has 0 aliphatic carbocycles. The van der Waals surface area contributed by atoms with Gasteiger partial charge in [0.05, 0.1) is 18.6 Å². The van der Waals surface area contributed by atoms with Crippen molar-refractivity contribution in [2.24, 2.45) is 5.92 Å². The van der Waals surface area contributed by atoms with Crippen LogP contribution >= 0.6 is 0 Å². The van der Waals surface area contributed by atoms with Gasteiger partial charge >= 0.3 is 6.03 Å². The zero-order chi connectivity index (χ0) is 16.3. The van der Waals surface area contributed by atoms with Crippen molar-refractivity contribution in [1.29, 1.82) is 0 Å². The fraction of sp³-hybridized carbons (Fsp3) is 0.846. The molecule has 3 atom stereocenters. The van der Waals surface area contributed by atoms with Crippen molar-refractivity contribution >= 4 is 11.9 Å². The fourth-order valence-corrected chi connectivity index (χ4v) is 3.35. The van der Waals surface area contributed by atoms with E-state index in [4.69, 9.17) is 9.47 Å². The van der Waals surface area contributed by atoms with Crippen molar-refractivity contribution in [3.05, 3.63) is 0 Å². The van der Waals surface area contributed by atoms with Gasteiger partial charge in [-0.1, -0.05) is 0 Å². The molecule has 126 valence electrons. The van der Waals surface area contributed by atoms with Gasteiger partial charge in [0, 0.05) is 27.4 Å². The number of aliphatic hydroxyl groups excluding tert-OH is 2. The Labute approximate surface area is 129 Å². The average Bonchev–Trinajstić information content (AvgIpc) is 2.90. The van der Waals surface area contributed by atoms with Gasteiger partial charge in [-0.25, -0.2) is 4.79 Å². The van der Waals surface area contributed by atoms with Gasteiger partial charge in [-0.15, -0.1) is 0 Å². The van der Waals surface area contributed by atoms with E-state index >= 15 is 0 Å². The molecule has 0 bridgehead atoms. The van der Waals surface area contributed by atoms with Crippen molar-refractivity contribution in [2.75, 3.05) is 47.4 Å². The summed E-state index contributed by atoms with van der Waals surface area (Å²) in [6.07, 6.45) is -0.251. The van der Waals surface area contributed by atoms with Crippen LogP contribution in [0.4, 0.5) is 4.79 Å². The molecule has 2 aliphatic rings. The Bertz CT molecular complexity index is 351. The predicted octanol–water partition coefficient (Wildman–Crippen LogP) is -1.54. The molecular weight excluding hydrogens is 294 g/mol. The van der Waals surface area contributed by atoms with Crippen LogP contribution in [-0.2, 0) is 14.3 Å². The Morgan fingerprint density at radius 3 is 2.18 bits per heavy atom. The number of hydrogen-bond donors (Lipinski definition) is 2. The van der Waals surface area contributed by atoms with E-state index < -0.39 is 18.1 Å². The third kappa shape index (κ3) is 2.65. The molecule has 9 heteroatoms. The van der Waals surface area contributed by atoms with E-state index in [1.54, 1.807) is 0 Å². The smallest absolute Gasteiger partial charge is 0.324 e. The second kappa shape index (κ2) is 7.23. The third-order valence-corrected chi connectivity index (χ3v) is 4.13. The lowest BCUT2D eigenvalue weighted by Gasteiger charge is -2.29. The quantitative estimate of drug-likeness (QED) is 0.562. The summed E-state index contributed by atoms with van der Waals surface area (Å²) in [5, 5.41) is 18.5. The van der Waals surface area contributed by atoms with Gasteiger partial charge in [0.25, 0.3) is 0 Å². The van der Waals surface area contributed by atoms with Crippen LogP contribution in [0.15, 0.2) is 0 Å². The number of hydrogen-bond acceptors (Lipinski definition) is 6. The number of methoxy groups -OCH3 is 2. The number of nitrogens with zero attached hydrogens (tertiary/aromatic N) is 3. The molecule has 0 saturated carbocycles. The highest BCUT2D eigenvalue weighted by Crippen LogP contribution is 2.38. The Kier molecular flexibility index (Phi) is 5.57. The molecule has 22 heavy (non-hydrogen) atoms. The molecule has 0 aromatic carbocycles. The summed E-state index contributed by atoms with van der Waals surface area (Å²) in [6, 6.07) is -0.716. The molecule has 2 fully saturated rings. The van der Waals surface area contributed by atoms with Crippen molar-refractivity contribution in [3.63, 3.8) is 0 Å². The number of urea groups is 1. The second-order valence-corrected chi connectivity index (χ2v) is 5.34. The highest BCUT2D eigenvalue weighted by molar-refractivity contribution is 5.88. The lowest BCUT2D eigenvalue weighted by atomic mass is 9.97. The van der Waals surface area contributed by atoms with Gasteiger partial charge in [-0.3, -0.25) is 14.6 Å². The highest BCUT2D eigenvalue weighted by Gasteiger charge is 2.59. The number of aliphatic hydroxyl groups is 2. The SMILES string of the molecule is COCN1C(=O)C(CCO)C2C1N(COC)C(=O)N2CCO. The zero-order valence-corrected chi connectivity index (χ0v) is 12.8. The first-order valence-electron chi connectivity index (χ1n) is 7.19. The van der Waals surface area contributed by atoms with Gasteiger partial charge in [0.1, 0.15) is 19.6 Å². The van der Waals surface area contributed by atoms with Crippen LogP contribution in [0.1, 0.15) is 6.42 Å². The molecule has 3 unspecified atom stereocenters. The Morgan fingerprint density at radius 1 is 1.00 bits per heavy atom. The number of carbonyl (C=O) groups excluding carboxylic acids is 2. The molecule has 0 spiro atoms. The van der Waals surface area contributed by atoms with Gasteiger partial charge < -0.3 is 24.6 Å². The maximum atomic E-state index is 12.6. The van der Waals surface area contributed by atoms with E-state index in [2.05, 4.69) is 0 Å². The Hall–Kier alpha value is -1.42. The van der Waals surface area contributed by atoms with E-state index in [9.17, 15) is 19.8 Å². The molecule has 0 aromatic heterocycles. The van der Waals surface area contributed by atoms with E-state index in [-0.39, 0.29) is 51.6 Å². The fourth-order valence-electron chi connectivity index (χ4n) is 3.35. The van der Waals surface area contributed by atoms with Gasteiger partial charge in [-0.05, 0) is 6.42 Å². The van der Waals surface area contributed by atoms with Crippen LogP contribution in [0.25, 0.3) is 0 Å². The first-order valence-corrected chi connectivity index (χ1v) is 7.19. The number of ether oxygens (including phenoxy) is 2. The monoisotopic (exact) mass is 317 g/mol. The largest absolute Gasteiger partial charge is 0.396 e. The maximum Gasteiger partial charge on any atom is 0.324 e. The third-order valence-electron chi connectivity index (χ3n) is 4.13. The zero-order valence-electron chi connectivity index (χ0n) is 12.8. The van der Waals surface area contributed by atoms with Crippen LogP contribution in [0.3, 0.4) is 0 Å². The molecule has 2 N–H and O–H groups in total. The number of rotatable bonds is 8. The number of likely N-dealkylation sites (tertiary alicyclic amines) is 1. The summed E-state index contributed by atoms with van der Waals surface area (Å²) in [6.45, 7) is -0.105. The highest BCUT2D eigenvalue weighted by atomic mass is 16.5. The van der Waals surface area contributed by atoms with Crippen molar-refractivity contribution < 1.29 is 29.3 Å².